The lowest BCUT2D eigenvalue weighted by Gasteiger charge is -2.21. The summed E-state index contributed by atoms with van der Waals surface area (Å²) in [6.07, 6.45) is 83.0. The Morgan fingerprint density at radius 1 is 0.284 bits per heavy atom. The van der Waals surface area contributed by atoms with Crippen LogP contribution in [0.3, 0.4) is 0 Å². The number of phosphoric acid groups is 2. The monoisotopic (exact) mass is 1470 g/mol. The summed E-state index contributed by atoms with van der Waals surface area (Å²) in [5.41, 5.74) is 0. The molecule has 0 aliphatic heterocycles. The third-order valence-corrected chi connectivity index (χ3v) is 18.0. The second kappa shape index (κ2) is 74.5. The minimum Gasteiger partial charge on any atom is -0.462 e. The van der Waals surface area contributed by atoms with E-state index in [0.29, 0.717) is 32.1 Å². The summed E-state index contributed by atoms with van der Waals surface area (Å²) in [7, 11) is -9.98. The summed E-state index contributed by atoms with van der Waals surface area (Å²) in [4.78, 5) is 72.9. The molecule has 0 aromatic heterocycles. The van der Waals surface area contributed by atoms with Crippen LogP contribution in [0.15, 0.2) is 134 Å². The molecule has 0 rings (SSSR count). The van der Waals surface area contributed by atoms with Gasteiger partial charge in [0.1, 0.15) is 19.3 Å². The Hall–Kier alpha value is -4.80. The van der Waals surface area contributed by atoms with Crippen LogP contribution in [0.25, 0.3) is 0 Å². The fourth-order valence-corrected chi connectivity index (χ4v) is 11.7. The Balaban J connectivity index is 5.41. The van der Waals surface area contributed by atoms with Crippen LogP contribution in [0.1, 0.15) is 310 Å². The number of phosphoric ester groups is 2. The number of hydrogen-bond acceptors (Lipinski definition) is 15. The van der Waals surface area contributed by atoms with Crippen molar-refractivity contribution in [3.63, 3.8) is 0 Å². The molecule has 0 saturated carbocycles. The van der Waals surface area contributed by atoms with Crippen LogP contribution < -0.4 is 0 Å². The van der Waals surface area contributed by atoms with Crippen LogP contribution >= 0.6 is 15.6 Å². The number of rotatable bonds is 73. The van der Waals surface area contributed by atoms with Crippen LogP contribution in [0, 0.1) is 0 Å². The molecule has 0 aliphatic carbocycles. The number of hydrogen-bond donors (Lipinski definition) is 3. The zero-order chi connectivity index (χ0) is 74.6. The second-order valence-electron chi connectivity index (χ2n) is 25.9. The minimum atomic E-state index is -4.99. The SMILES string of the molecule is CC/C=C\C/C=C\C/C=C\C/C=C\C/C=C\CCCCCC(=O)OCC(COP(=O)(O)OCC(O)COP(=O)(O)OCC(COC(=O)CCC/C=C\C/C=C\C/C=C\C/C=C\C/C=C\CC)OC(=O)CCCCCCCCCCCCC)OC(=O)CCCCCCC/C=C\CCCCCCCC. The lowest BCUT2D eigenvalue weighted by molar-refractivity contribution is -0.161. The maximum absolute atomic E-state index is 13.1. The Morgan fingerprint density at radius 3 is 0.843 bits per heavy atom. The van der Waals surface area contributed by atoms with Crippen molar-refractivity contribution in [1.82, 2.24) is 0 Å². The van der Waals surface area contributed by atoms with E-state index in [9.17, 15) is 43.2 Å². The van der Waals surface area contributed by atoms with Crippen molar-refractivity contribution in [1.29, 1.82) is 0 Å². The number of carbonyl (C=O) groups is 4. The van der Waals surface area contributed by atoms with E-state index in [-0.39, 0.29) is 25.7 Å². The first-order chi connectivity index (χ1) is 49.7. The second-order valence-corrected chi connectivity index (χ2v) is 28.8. The normalized spacial score (nSPS) is 14.6. The molecule has 19 heteroatoms. The summed E-state index contributed by atoms with van der Waals surface area (Å²) in [6.45, 7) is 4.53. The Labute approximate surface area is 618 Å². The fraction of sp³-hybridized carbons (Fsp3) is 0.687. The largest absolute Gasteiger partial charge is 0.472 e. The van der Waals surface area contributed by atoms with Gasteiger partial charge in [0.15, 0.2) is 12.2 Å². The molecule has 584 valence electrons. The van der Waals surface area contributed by atoms with E-state index in [1.165, 1.54) is 77.0 Å². The van der Waals surface area contributed by atoms with E-state index in [2.05, 4.69) is 149 Å². The number of aliphatic hydroxyl groups is 1. The van der Waals surface area contributed by atoms with Crippen molar-refractivity contribution in [2.45, 2.75) is 329 Å². The maximum Gasteiger partial charge on any atom is 0.472 e. The number of ether oxygens (including phenoxy) is 4. The standard InChI is InChI=1S/C83H140O17P2/c1-5-9-13-17-21-25-29-32-35-37-38-40-43-45-49-52-56-60-64-68-81(86)94-74-79(100-83(88)70-66-62-58-54-50-46-41-34-31-27-23-19-15-11-7-3)76-98-102(91,92)96-72-77(84)71-95-101(89,90)97-75-78(99-82(87)69-65-61-57-53-47-28-24-20-16-12-8-4)73-93-80(85)67-63-59-55-51-48-44-42-39-36-33-30-26-22-18-14-10-6-2/h9-10,13-14,21-22,25-26,32-36,38,40-42,44-45,49,51,55,77-79,84H,5-8,11-12,15-20,23-24,27-31,37,39,43,46-48,50,52-54,56-76H2,1-4H3,(H,89,90)(H,91,92)/b13-9-,14-10-,25-21-,26-22-,35-32-,36-33-,40-38-,41-34-,44-42-,49-45-,55-51-. The zero-order valence-electron chi connectivity index (χ0n) is 63.7. The number of carbonyl (C=O) groups excluding carboxylic acids is 4. The molecule has 0 heterocycles. The molecule has 5 atom stereocenters. The van der Waals surface area contributed by atoms with Gasteiger partial charge in [-0.3, -0.25) is 37.3 Å². The van der Waals surface area contributed by atoms with Crippen molar-refractivity contribution in [3.8, 4) is 0 Å². The molecular formula is C83H140O17P2. The van der Waals surface area contributed by atoms with E-state index >= 15 is 0 Å². The smallest absolute Gasteiger partial charge is 0.462 e. The summed E-state index contributed by atoms with van der Waals surface area (Å²) in [6, 6.07) is 0. The van der Waals surface area contributed by atoms with Gasteiger partial charge in [-0.05, 0) is 135 Å². The van der Waals surface area contributed by atoms with Gasteiger partial charge < -0.3 is 33.8 Å². The molecule has 0 fully saturated rings. The summed E-state index contributed by atoms with van der Waals surface area (Å²) < 4.78 is 68.4. The minimum absolute atomic E-state index is 0.0740. The third-order valence-electron chi connectivity index (χ3n) is 16.1. The van der Waals surface area contributed by atoms with Crippen LogP contribution in [-0.2, 0) is 65.4 Å². The zero-order valence-corrected chi connectivity index (χ0v) is 65.5. The number of unbranched alkanes of at least 4 members (excludes halogenated alkanes) is 25. The molecular weight excluding hydrogens is 1330 g/mol. The van der Waals surface area contributed by atoms with Crippen LogP contribution in [0.5, 0.6) is 0 Å². The molecule has 0 bridgehead atoms. The molecule has 0 radical (unpaired) electrons. The summed E-state index contributed by atoms with van der Waals surface area (Å²) in [5.74, 6) is -2.28. The van der Waals surface area contributed by atoms with Crippen LogP contribution in [0.2, 0.25) is 0 Å². The quantitative estimate of drug-likeness (QED) is 0.0169. The third kappa shape index (κ3) is 73.5. The van der Waals surface area contributed by atoms with E-state index in [4.69, 9.17) is 37.0 Å². The van der Waals surface area contributed by atoms with Gasteiger partial charge in [-0.15, -0.1) is 0 Å². The molecule has 3 N–H and O–H groups in total. The Kier molecular flexibility index (Phi) is 71.0. The van der Waals surface area contributed by atoms with Gasteiger partial charge >= 0.3 is 39.5 Å². The lowest BCUT2D eigenvalue weighted by atomic mass is 10.1. The Morgan fingerprint density at radius 2 is 0.520 bits per heavy atom. The first kappa shape index (κ1) is 97.2. The molecule has 0 spiro atoms. The average Bonchev–Trinajstić information content (AvgIpc) is 0.939. The van der Waals surface area contributed by atoms with Crippen molar-refractivity contribution in [3.05, 3.63) is 134 Å². The lowest BCUT2D eigenvalue weighted by Crippen LogP contribution is -2.30. The van der Waals surface area contributed by atoms with Crippen molar-refractivity contribution < 1.29 is 80.2 Å². The van der Waals surface area contributed by atoms with E-state index in [1.54, 1.807) is 0 Å². The van der Waals surface area contributed by atoms with Crippen LogP contribution in [0.4, 0.5) is 0 Å². The van der Waals surface area contributed by atoms with Gasteiger partial charge in [-0.1, -0.05) is 283 Å². The summed E-state index contributed by atoms with van der Waals surface area (Å²) in [5, 5.41) is 10.6. The molecule has 0 aromatic rings. The van der Waals surface area contributed by atoms with E-state index < -0.39 is 97.5 Å². The number of aliphatic hydroxyl groups excluding tert-OH is 1. The van der Waals surface area contributed by atoms with Gasteiger partial charge in [0.25, 0.3) is 0 Å². The molecule has 102 heavy (non-hydrogen) atoms. The molecule has 0 aliphatic rings. The average molecular weight is 1470 g/mol. The van der Waals surface area contributed by atoms with Crippen molar-refractivity contribution >= 4 is 39.5 Å². The topological polar surface area (TPSA) is 237 Å². The molecule has 17 nitrogen and oxygen atoms in total. The first-order valence-corrected chi connectivity index (χ1v) is 42.4. The highest BCUT2D eigenvalue weighted by molar-refractivity contribution is 7.47. The van der Waals surface area contributed by atoms with Gasteiger partial charge in [0.05, 0.1) is 26.4 Å². The fourth-order valence-electron chi connectivity index (χ4n) is 10.2. The highest BCUT2D eigenvalue weighted by Gasteiger charge is 2.30. The van der Waals surface area contributed by atoms with Gasteiger partial charge in [0, 0.05) is 25.7 Å². The highest BCUT2D eigenvalue weighted by atomic mass is 31.2. The predicted octanol–water partition coefficient (Wildman–Crippen LogP) is 22.9. The predicted molar refractivity (Wildman–Crippen MR) is 418 cm³/mol. The molecule has 0 aromatic carbocycles. The highest BCUT2D eigenvalue weighted by Crippen LogP contribution is 2.45. The van der Waals surface area contributed by atoms with Gasteiger partial charge in [0.2, 0.25) is 0 Å². The first-order valence-electron chi connectivity index (χ1n) is 39.4. The van der Waals surface area contributed by atoms with Crippen molar-refractivity contribution in [2.75, 3.05) is 39.6 Å². The molecule has 0 amide bonds. The van der Waals surface area contributed by atoms with E-state index in [0.717, 1.165) is 148 Å². The maximum atomic E-state index is 13.1. The van der Waals surface area contributed by atoms with Crippen molar-refractivity contribution in [2.24, 2.45) is 0 Å². The number of esters is 4. The van der Waals surface area contributed by atoms with Crippen LogP contribution in [-0.4, -0.2) is 96.7 Å². The molecule has 5 unspecified atom stereocenters. The number of allylic oxidation sites excluding steroid dienone is 22. The van der Waals surface area contributed by atoms with Gasteiger partial charge in [-0.2, -0.15) is 0 Å². The van der Waals surface area contributed by atoms with Gasteiger partial charge in [-0.25, -0.2) is 9.13 Å². The summed E-state index contributed by atoms with van der Waals surface area (Å²) >= 11 is 0. The Bertz CT molecular complexity index is 2460. The molecule has 0 saturated heterocycles. The van der Waals surface area contributed by atoms with E-state index in [1.807, 2.05) is 12.2 Å².